The van der Waals surface area contributed by atoms with Crippen LogP contribution in [0.15, 0.2) is 98.6 Å². The van der Waals surface area contributed by atoms with Crippen LogP contribution in [0.4, 0.5) is 33.3 Å². The number of alkyl halides is 5. The molecule has 0 radical (unpaired) electrons. The van der Waals surface area contributed by atoms with Gasteiger partial charge in [-0.3, -0.25) is 9.69 Å². The van der Waals surface area contributed by atoms with E-state index in [9.17, 15) is 43.6 Å². The summed E-state index contributed by atoms with van der Waals surface area (Å²) < 4.78 is 126. The molecule has 2 bridgehead atoms. The number of hydrogen-bond donors (Lipinski definition) is 3. The third kappa shape index (κ3) is 13.1. The van der Waals surface area contributed by atoms with Gasteiger partial charge in [-0.25, -0.2) is 30.3 Å². The van der Waals surface area contributed by atoms with Crippen LogP contribution in [0.1, 0.15) is 94.8 Å². The first-order chi connectivity index (χ1) is 34.6. The molecule has 3 aromatic rings. The molecule has 5 fully saturated rings. The van der Waals surface area contributed by atoms with E-state index >= 15 is 0 Å². The highest BCUT2D eigenvalue weighted by Gasteiger charge is 2.73. The van der Waals surface area contributed by atoms with E-state index in [4.69, 9.17) is 5.73 Å². The van der Waals surface area contributed by atoms with Crippen molar-refractivity contribution in [2.45, 2.75) is 117 Å². The Labute approximate surface area is 433 Å². The van der Waals surface area contributed by atoms with Crippen LogP contribution >= 0.6 is 11.8 Å². The maximum absolute atomic E-state index is 14.3. The van der Waals surface area contributed by atoms with Crippen molar-refractivity contribution < 1.29 is 43.6 Å². The maximum Gasteiger partial charge on any atom is 0.501 e. The van der Waals surface area contributed by atoms with Gasteiger partial charge in [0, 0.05) is 98.8 Å². The molecule has 4 aliphatic carbocycles. The molecule has 9 rings (SSSR count). The molecule has 3 saturated carbocycles. The molecule has 0 spiro atoms. The van der Waals surface area contributed by atoms with Crippen LogP contribution in [0.2, 0.25) is 0 Å². The number of unbranched alkanes of at least 4 members (excludes halogenated alkanes) is 3. The van der Waals surface area contributed by atoms with Crippen molar-refractivity contribution in [3.05, 3.63) is 89.5 Å². The number of sulfonamides is 1. The minimum Gasteiger partial charge on any atom is -0.380 e. The number of rotatable bonds is 23. The summed E-state index contributed by atoms with van der Waals surface area (Å²) in [6, 6.07) is 17.7. The molecule has 0 aromatic heterocycles. The summed E-state index contributed by atoms with van der Waals surface area (Å²) in [5.41, 5.74) is 2.44. The Hall–Kier alpha value is -3.79. The highest BCUT2D eigenvalue weighted by atomic mass is 32.2. The van der Waals surface area contributed by atoms with Crippen molar-refractivity contribution >= 4 is 48.9 Å². The van der Waals surface area contributed by atoms with Crippen molar-refractivity contribution in [2.24, 2.45) is 22.0 Å². The number of carbonyl (C=O) groups is 1. The molecule has 1 amide bonds. The third-order valence-electron chi connectivity index (χ3n) is 16.0. The molecule has 20 heteroatoms. The van der Waals surface area contributed by atoms with Gasteiger partial charge in [0.2, 0.25) is 6.43 Å². The van der Waals surface area contributed by atoms with Gasteiger partial charge in [-0.15, -0.1) is 11.8 Å². The third-order valence-corrected chi connectivity index (χ3v) is 20.0. The second kappa shape index (κ2) is 22.8. The van der Waals surface area contributed by atoms with E-state index in [1.807, 2.05) is 35.1 Å². The highest BCUT2D eigenvalue weighted by molar-refractivity contribution is 7.99. The summed E-state index contributed by atoms with van der Waals surface area (Å²) in [6.45, 7) is 14.0. The SMILES string of the molecule is CC1(C)CCC(CN2CCN(c3ccc(C(=O)NS(=O)(=O)c4ccc(N[C@H](CCN5CCN(CCCCCCN)CC5)CSc5ccccc5)c(S(=O)(=O)C(F)(F)F)c4)cc3)CC2)=C(C23CC(C(F)F)(C2)C3)C1. The fourth-order valence-corrected chi connectivity index (χ4v) is 14.7. The maximum atomic E-state index is 14.3. The second-order valence-electron chi connectivity index (χ2n) is 21.9. The minimum absolute atomic E-state index is 0.0206. The van der Waals surface area contributed by atoms with E-state index in [1.165, 1.54) is 35.0 Å². The Morgan fingerprint density at radius 1 is 0.795 bits per heavy atom. The van der Waals surface area contributed by atoms with Gasteiger partial charge in [0.25, 0.3) is 25.8 Å². The predicted octanol–water partition coefficient (Wildman–Crippen LogP) is 9.26. The fraction of sp³-hybridized carbons (Fsp3) is 0.604. The van der Waals surface area contributed by atoms with Gasteiger partial charge in [-0.1, -0.05) is 56.0 Å². The molecule has 6 aliphatic rings. The molecule has 2 saturated heterocycles. The van der Waals surface area contributed by atoms with Gasteiger partial charge >= 0.3 is 5.51 Å². The number of benzene rings is 3. The van der Waals surface area contributed by atoms with Gasteiger partial charge in [-0.2, -0.15) is 13.2 Å². The number of thioether (sulfide) groups is 1. The molecule has 402 valence electrons. The van der Waals surface area contributed by atoms with Gasteiger partial charge in [0.05, 0.1) is 10.6 Å². The monoisotopic (exact) mass is 1080 g/mol. The second-order valence-corrected chi connectivity index (χ2v) is 26.6. The molecular weight excluding hydrogens is 1010 g/mol. The Morgan fingerprint density at radius 3 is 2.05 bits per heavy atom. The van der Waals surface area contributed by atoms with Crippen LogP contribution in [0, 0.1) is 16.2 Å². The average Bonchev–Trinajstić information content (AvgIpc) is 3.32. The van der Waals surface area contributed by atoms with Crippen LogP contribution in [-0.2, 0) is 19.9 Å². The van der Waals surface area contributed by atoms with Gasteiger partial charge in [0.15, 0.2) is 0 Å². The zero-order valence-electron chi connectivity index (χ0n) is 42.1. The number of allylic oxidation sites excluding steroid dienone is 1. The number of anilines is 2. The van der Waals surface area contributed by atoms with Crippen LogP contribution in [-0.4, -0.2) is 140 Å². The number of nitrogens with two attached hydrogens (primary N) is 1. The number of nitrogens with zero attached hydrogens (tertiary/aromatic N) is 4. The molecule has 0 unspecified atom stereocenters. The van der Waals surface area contributed by atoms with Crippen molar-refractivity contribution in [1.82, 2.24) is 19.4 Å². The molecule has 2 aliphatic heterocycles. The lowest BCUT2D eigenvalue weighted by Gasteiger charge is -2.72. The fourth-order valence-electron chi connectivity index (χ4n) is 11.7. The first kappa shape index (κ1) is 55.4. The van der Waals surface area contributed by atoms with E-state index in [1.54, 1.807) is 12.1 Å². The number of carbonyl (C=O) groups excluding carboxylic acids is 1. The van der Waals surface area contributed by atoms with Gasteiger partial charge in [0.1, 0.15) is 4.90 Å². The average molecular weight is 1080 g/mol. The summed E-state index contributed by atoms with van der Waals surface area (Å²) in [6.07, 6.45) is 7.39. The van der Waals surface area contributed by atoms with Crippen molar-refractivity contribution in [3.8, 4) is 0 Å². The van der Waals surface area contributed by atoms with Crippen LogP contribution in [0.3, 0.4) is 0 Å². The molecular formula is C53H72F5N7O5S3. The smallest absolute Gasteiger partial charge is 0.380 e. The largest absolute Gasteiger partial charge is 0.501 e. The lowest BCUT2D eigenvalue weighted by molar-refractivity contribution is -0.250. The standard InChI is InChI=1S/C53H72F5N7O5S3/c1-50(2)20-18-40(45(33-50)51-36-52(37-51,38-51)49(54)55)34-64-28-30-65(31-29-64)42-14-12-39(13-15-42)48(66)61-73(69,70)44-16-17-46(47(32-44)72(67,68)53(56,57)58)60-41(35-71-43-10-6-5-7-11-43)19-23-63-26-24-62(25-27-63)22-9-4-3-8-21-59/h5-7,10-17,32,41,49,60H,3-4,8-9,18-31,33-38,59H2,1-2H3,(H,61,66)/t41-,51?,52?/m1/s1. The van der Waals surface area contributed by atoms with E-state index in [0.29, 0.717) is 63.7 Å². The summed E-state index contributed by atoms with van der Waals surface area (Å²) in [5, 5.41) is 3.05. The Bertz CT molecular complexity index is 2620. The van der Waals surface area contributed by atoms with Crippen LogP contribution < -0.4 is 20.7 Å². The lowest BCUT2D eigenvalue weighted by atomic mass is 9.32. The molecule has 73 heavy (non-hydrogen) atoms. The van der Waals surface area contributed by atoms with E-state index in [2.05, 4.69) is 38.8 Å². The first-order valence-corrected chi connectivity index (χ1v) is 29.7. The van der Waals surface area contributed by atoms with E-state index in [-0.39, 0.29) is 16.4 Å². The van der Waals surface area contributed by atoms with Crippen LogP contribution in [0.5, 0.6) is 0 Å². The number of sulfone groups is 1. The lowest BCUT2D eigenvalue weighted by Crippen LogP contribution is -2.66. The van der Waals surface area contributed by atoms with Gasteiger partial charge < -0.3 is 25.8 Å². The number of piperazine rings is 2. The number of hydrogen-bond acceptors (Lipinski definition) is 12. The number of amides is 1. The topological polar surface area (TPSA) is 148 Å². The Balaban J connectivity index is 0.897. The van der Waals surface area contributed by atoms with Crippen molar-refractivity contribution in [1.29, 1.82) is 0 Å². The molecule has 4 N–H and O–H groups in total. The Kier molecular flexibility index (Phi) is 17.3. The summed E-state index contributed by atoms with van der Waals surface area (Å²) in [4.78, 5) is 21.6. The first-order valence-electron chi connectivity index (χ1n) is 25.8. The zero-order chi connectivity index (χ0) is 52.2. The van der Waals surface area contributed by atoms with E-state index < -0.39 is 64.6 Å². The summed E-state index contributed by atoms with van der Waals surface area (Å²) in [5.74, 6) is -0.667. The Morgan fingerprint density at radius 2 is 1.42 bits per heavy atom. The molecule has 2 heterocycles. The highest BCUT2D eigenvalue weighted by Crippen LogP contribution is 2.79. The normalized spacial score (nSPS) is 23.5. The summed E-state index contributed by atoms with van der Waals surface area (Å²) in [7, 11) is -11.0. The molecule has 3 aromatic carbocycles. The number of halogens is 5. The number of nitrogens with one attached hydrogen (secondary N) is 2. The van der Waals surface area contributed by atoms with E-state index in [0.717, 1.165) is 120 Å². The summed E-state index contributed by atoms with van der Waals surface area (Å²) >= 11 is 1.46. The molecule has 1 atom stereocenters. The van der Waals surface area contributed by atoms with Crippen molar-refractivity contribution in [3.63, 3.8) is 0 Å². The molecule has 12 nitrogen and oxygen atoms in total. The van der Waals surface area contributed by atoms with Crippen molar-refractivity contribution in [2.75, 3.05) is 94.5 Å². The van der Waals surface area contributed by atoms with Gasteiger partial charge in [-0.05, 0) is 136 Å². The quantitative estimate of drug-likeness (QED) is 0.0360. The van der Waals surface area contributed by atoms with Crippen LogP contribution in [0.25, 0.3) is 0 Å². The minimum atomic E-state index is -6.08. The zero-order valence-corrected chi connectivity index (χ0v) is 44.5. The predicted molar refractivity (Wildman–Crippen MR) is 278 cm³/mol.